The van der Waals surface area contributed by atoms with E-state index in [2.05, 4.69) is 36.8 Å². The average molecular weight is 599 g/mol. The van der Waals surface area contributed by atoms with E-state index < -0.39 is 13.7 Å². The van der Waals surface area contributed by atoms with Crippen molar-refractivity contribution < 1.29 is 19.0 Å². The van der Waals surface area contributed by atoms with Gasteiger partial charge in [0.05, 0.1) is 18.5 Å². The summed E-state index contributed by atoms with van der Waals surface area (Å²) < 4.78 is 17.9. The summed E-state index contributed by atoms with van der Waals surface area (Å²) in [5.41, 5.74) is 0.381. The van der Waals surface area contributed by atoms with Crippen molar-refractivity contribution in [3.63, 3.8) is 0 Å². The number of amides is 1. The van der Waals surface area contributed by atoms with Crippen LogP contribution in [0.1, 0.15) is 33.6 Å². The highest BCUT2D eigenvalue weighted by molar-refractivity contribution is 6.76. The summed E-state index contributed by atoms with van der Waals surface area (Å²) in [5, 5.41) is 2.46. The maximum Gasteiger partial charge on any atom is 0.410 e. The molecule has 4 rings (SSSR count). The van der Waals surface area contributed by atoms with Crippen molar-refractivity contribution in [1.29, 1.82) is 0 Å². The van der Waals surface area contributed by atoms with Crippen LogP contribution in [0.15, 0.2) is 48.8 Å². The number of pyridine rings is 2. The predicted octanol–water partition coefficient (Wildman–Crippen LogP) is 7.76. The minimum atomic E-state index is -1.21. The van der Waals surface area contributed by atoms with Gasteiger partial charge < -0.3 is 24.0 Å². The Hall–Kier alpha value is -2.88. The summed E-state index contributed by atoms with van der Waals surface area (Å²) in [6.45, 7) is 15.8. The number of ether oxygens (including phenoxy) is 3. The number of halogens is 1. The van der Waals surface area contributed by atoms with E-state index in [0.717, 1.165) is 46.9 Å². The number of carbonyl (C=O) groups is 1. The third-order valence-corrected chi connectivity index (χ3v) is 8.89. The Labute approximate surface area is 250 Å². The lowest BCUT2D eigenvalue weighted by Crippen LogP contribution is -2.42. The molecule has 8 nitrogen and oxygen atoms in total. The summed E-state index contributed by atoms with van der Waals surface area (Å²) in [7, 11) is -1.21. The molecule has 3 aromatic rings. The molecule has 222 valence electrons. The Bertz CT molecular complexity index is 1300. The van der Waals surface area contributed by atoms with Gasteiger partial charge in [0, 0.05) is 39.4 Å². The van der Waals surface area contributed by atoms with E-state index in [0.29, 0.717) is 44.1 Å². The van der Waals surface area contributed by atoms with Crippen LogP contribution < -0.4 is 9.64 Å². The van der Waals surface area contributed by atoms with Crippen LogP contribution in [-0.2, 0) is 9.47 Å². The number of carbonyl (C=O) groups excluding carboxylic acids is 1. The number of hydrogen-bond acceptors (Lipinski definition) is 7. The van der Waals surface area contributed by atoms with E-state index in [-0.39, 0.29) is 6.09 Å². The highest BCUT2D eigenvalue weighted by Gasteiger charge is 2.27. The monoisotopic (exact) mass is 598 g/mol. The molecule has 10 heteroatoms. The first kappa shape index (κ1) is 31.1. The van der Waals surface area contributed by atoms with Crippen LogP contribution in [0.25, 0.3) is 10.8 Å². The predicted molar refractivity (Wildman–Crippen MR) is 168 cm³/mol. The minimum Gasteiger partial charge on any atom is -0.493 e. The topological polar surface area (TPSA) is 77.0 Å². The number of aromatic nitrogens is 2. The van der Waals surface area contributed by atoms with Crippen LogP contribution in [0.3, 0.4) is 0 Å². The molecule has 0 spiro atoms. The summed E-state index contributed by atoms with van der Waals surface area (Å²) in [4.78, 5) is 25.2. The van der Waals surface area contributed by atoms with Crippen molar-refractivity contribution in [1.82, 2.24) is 14.9 Å². The van der Waals surface area contributed by atoms with Gasteiger partial charge in [0.15, 0.2) is 0 Å². The molecule has 1 amide bonds. The molecule has 41 heavy (non-hydrogen) atoms. The smallest absolute Gasteiger partial charge is 0.410 e. The molecule has 0 unspecified atom stereocenters. The number of fused-ring (bicyclic) bond motifs is 1. The Morgan fingerprint density at radius 3 is 2.51 bits per heavy atom. The van der Waals surface area contributed by atoms with Crippen molar-refractivity contribution in [3.8, 4) is 5.75 Å². The number of benzene rings is 1. The van der Waals surface area contributed by atoms with Gasteiger partial charge in [0.1, 0.15) is 29.1 Å². The van der Waals surface area contributed by atoms with E-state index in [1.807, 2.05) is 50.1 Å². The van der Waals surface area contributed by atoms with Gasteiger partial charge in [-0.25, -0.2) is 14.8 Å². The second-order valence-corrected chi connectivity index (χ2v) is 18.9. The van der Waals surface area contributed by atoms with Gasteiger partial charge in [-0.15, -0.1) is 0 Å². The molecule has 0 bridgehead atoms. The highest BCUT2D eigenvalue weighted by Crippen LogP contribution is 2.33. The van der Waals surface area contributed by atoms with Crippen molar-refractivity contribution >= 4 is 48.0 Å². The van der Waals surface area contributed by atoms with Crippen molar-refractivity contribution in [2.75, 3.05) is 37.9 Å². The molecule has 1 fully saturated rings. The maximum absolute atomic E-state index is 12.4. The van der Waals surface area contributed by atoms with Crippen LogP contribution in [0, 0.1) is 5.92 Å². The zero-order chi connectivity index (χ0) is 29.6. The molecule has 0 saturated carbocycles. The van der Waals surface area contributed by atoms with Crippen LogP contribution in [0.5, 0.6) is 5.75 Å². The fourth-order valence-corrected chi connectivity index (χ4v) is 5.46. The fraction of sp³-hybridized carbons (Fsp3) is 0.516. The molecule has 0 atom stereocenters. The normalized spacial score (nSPS) is 14.8. The van der Waals surface area contributed by atoms with E-state index in [1.165, 1.54) is 0 Å². The number of hydrogen-bond donors (Lipinski definition) is 0. The van der Waals surface area contributed by atoms with E-state index in [1.54, 1.807) is 17.2 Å². The largest absolute Gasteiger partial charge is 0.493 e. The van der Waals surface area contributed by atoms with E-state index >= 15 is 0 Å². The standard InChI is InChI=1S/C31H43ClN4O4Si/c1-31(2,3)40-30(37)35-15-12-23(13-16-35)21-39-26-8-9-27-24(19-26)11-14-33-29(27)36(22-38-17-18-41(4,5)6)25-7-10-28(32)34-20-25/h7-11,14,19-20,23H,12-13,15-18,21-22H2,1-6H3. The van der Waals surface area contributed by atoms with Gasteiger partial charge >= 0.3 is 6.09 Å². The van der Waals surface area contributed by atoms with E-state index in [9.17, 15) is 4.79 Å². The Morgan fingerprint density at radius 2 is 1.85 bits per heavy atom. The van der Waals surface area contributed by atoms with Crippen LogP contribution in [0.2, 0.25) is 30.8 Å². The Balaban J connectivity index is 1.42. The molecular weight excluding hydrogens is 556 g/mol. The van der Waals surface area contributed by atoms with Crippen molar-refractivity contribution in [2.45, 2.75) is 64.9 Å². The average Bonchev–Trinajstić information content (AvgIpc) is 2.91. The summed E-state index contributed by atoms with van der Waals surface area (Å²) >= 11 is 6.07. The molecule has 3 heterocycles. The van der Waals surface area contributed by atoms with Crippen LogP contribution >= 0.6 is 11.6 Å². The molecule has 0 aliphatic carbocycles. The molecule has 1 saturated heterocycles. The third-order valence-electron chi connectivity index (χ3n) is 6.96. The van der Waals surface area contributed by atoms with Gasteiger partial charge in [-0.2, -0.15) is 0 Å². The van der Waals surface area contributed by atoms with Crippen LogP contribution in [0.4, 0.5) is 16.3 Å². The molecule has 0 radical (unpaired) electrons. The number of nitrogens with zero attached hydrogens (tertiary/aromatic N) is 4. The zero-order valence-electron chi connectivity index (χ0n) is 25.2. The van der Waals surface area contributed by atoms with Gasteiger partial charge in [-0.05, 0) is 87.4 Å². The second kappa shape index (κ2) is 13.4. The second-order valence-electron chi connectivity index (χ2n) is 12.9. The number of anilines is 2. The molecule has 1 aliphatic rings. The first-order valence-electron chi connectivity index (χ1n) is 14.3. The van der Waals surface area contributed by atoms with Crippen molar-refractivity contribution in [3.05, 3.63) is 53.9 Å². The first-order valence-corrected chi connectivity index (χ1v) is 18.4. The molecule has 1 aliphatic heterocycles. The molecule has 0 N–H and O–H groups in total. The molecular formula is C31H43ClN4O4Si. The van der Waals surface area contributed by atoms with Gasteiger partial charge in [-0.3, -0.25) is 0 Å². The van der Waals surface area contributed by atoms with Crippen molar-refractivity contribution in [2.24, 2.45) is 5.92 Å². The molecule has 1 aromatic carbocycles. The molecule has 2 aromatic heterocycles. The summed E-state index contributed by atoms with van der Waals surface area (Å²) in [5.74, 6) is 1.99. The van der Waals surface area contributed by atoms with E-state index in [4.69, 9.17) is 30.8 Å². The Kier molecular flexibility index (Phi) is 10.1. The number of likely N-dealkylation sites (tertiary alicyclic amines) is 1. The lowest BCUT2D eigenvalue weighted by Gasteiger charge is -2.33. The van der Waals surface area contributed by atoms with Gasteiger partial charge in [0.25, 0.3) is 0 Å². The number of piperidine rings is 1. The summed E-state index contributed by atoms with van der Waals surface area (Å²) in [6.07, 6.45) is 5.11. The van der Waals surface area contributed by atoms with Crippen LogP contribution in [-0.4, -0.2) is 67.7 Å². The lowest BCUT2D eigenvalue weighted by molar-refractivity contribution is 0.0165. The highest BCUT2D eigenvalue weighted by atomic mass is 35.5. The maximum atomic E-state index is 12.4. The zero-order valence-corrected chi connectivity index (χ0v) is 26.9. The lowest BCUT2D eigenvalue weighted by atomic mass is 9.98. The number of rotatable bonds is 10. The quantitative estimate of drug-likeness (QED) is 0.102. The van der Waals surface area contributed by atoms with Gasteiger partial charge in [-0.1, -0.05) is 31.2 Å². The Morgan fingerprint density at radius 1 is 1.10 bits per heavy atom. The fourth-order valence-electron chi connectivity index (χ4n) is 4.59. The summed E-state index contributed by atoms with van der Waals surface area (Å²) in [6, 6.07) is 12.9. The minimum absolute atomic E-state index is 0.235. The SMILES string of the molecule is CC(C)(C)OC(=O)N1CCC(COc2ccc3c(N(COCC[Si](C)(C)C)c4ccc(Cl)nc4)nccc3c2)CC1. The third kappa shape index (κ3) is 9.31. The first-order chi connectivity index (χ1) is 19.4. The van der Waals surface area contributed by atoms with Gasteiger partial charge in [0.2, 0.25) is 0 Å².